The number of carbonyl (C=O) groups is 2. The highest BCUT2D eigenvalue weighted by atomic mass is 19.1. The van der Waals surface area contributed by atoms with Crippen LogP contribution in [0.5, 0.6) is 5.75 Å². The minimum atomic E-state index is -0.928. The topological polar surface area (TPSA) is 94.9 Å². The second-order valence-electron chi connectivity index (χ2n) is 8.72. The Bertz CT molecular complexity index is 1190. The predicted octanol–water partition coefficient (Wildman–Crippen LogP) is 2.39. The number of pyridine rings is 1. The Hall–Kier alpha value is -3.27. The number of hydrogen-bond donors (Lipinski definition) is 2. The van der Waals surface area contributed by atoms with Gasteiger partial charge in [0.25, 0.3) is 11.8 Å². The van der Waals surface area contributed by atoms with Crippen molar-refractivity contribution < 1.29 is 23.5 Å². The van der Waals surface area contributed by atoms with Gasteiger partial charge in [-0.3, -0.25) is 19.3 Å². The number of amides is 2. The van der Waals surface area contributed by atoms with E-state index < -0.39 is 34.6 Å². The highest BCUT2D eigenvalue weighted by molar-refractivity contribution is 5.99. The van der Waals surface area contributed by atoms with Crippen molar-refractivity contribution in [3.63, 3.8) is 0 Å². The number of aromatic hydroxyl groups is 1. The molecule has 2 N–H and O–H groups in total. The number of nitrogens with zero attached hydrogens (tertiary/aromatic N) is 3. The Morgan fingerprint density at radius 3 is 2.56 bits per heavy atom. The molecule has 0 spiro atoms. The third-order valence-electron chi connectivity index (χ3n) is 6.71. The van der Waals surface area contributed by atoms with Crippen LogP contribution in [0.3, 0.4) is 0 Å². The van der Waals surface area contributed by atoms with Crippen molar-refractivity contribution in [3.8, 4) is 5.75 Å². The molecule has 1 unspecified atom stereocenters. The summed E-state index contributed by atoms with van der Waals surface area (Å²) in [6.07, 6.45) is 2.58. The van der Waals surface area contributed by atoms with Crippen LogP contribution in [0.15, 0.2) is 23.0 Å². The van der Waals surface area contributed by atoms with Gasteiger partial charge in [0, 0.05) is 38.3 Å². The molecule has 3 heterocycles. The molecule has 0 radical (unpaired) electrons. The molecule has 182 valence electrons. The van der Waals surface area contributed by atoms with Crippen molar-refractivity contribution in [3.05, 3.63) is 62.6 Å². The Morgan fingerprint density at radius 2 is 1.91 bits per heavy atom. The molecule has 1 saturated heterocycles. The van der Waals surface area contributed by atoms with Crippen LogP contribution in [0.1, 0.15) is 64.3 Å². The van der Waals surface area contributed by atoms with Crippen LogP contribution in [-0.2, 0) is 13.1 Å². The summed E-state index contributed by atoms with van der Waals surface area (Å²) in [5.41, 5.74) is -0.836. The fourth-order valence-corrected chi connectivity index (χ4v) is 4.79. The average Bonchev–Trinajstić information content (AvgIpc) is 3.48. The minimum Gasteiger partial charge on any atom is -0.503 e. The number of rotatable bonds is 6. The van der Waals surface area contributed by atoms with Crippen molar-refractivity contribution in [1.29, 1.82) is 0 Å². The minimum absolute atomic E-state index is 0.0585. The number of aromatic nitrogens is 1. The van der Waals surface area contributed by atoms with E-state index in [-0.39, 0.29) is 29.4 Å². The number of carbonyl (C=O) groups excluding carboxylic acids is 2. The highest BCUT2D eigenvalue weighted by Crippen LogP contribution is 2.37. The van der Waals surface area contributed by atoms with Crippen molar-refractivity contribution in [1.82, 2.24) is 19.7 Å². The molecule has 1 aromatic carbocycles. The second-order valence-corrected chi connectivity index (χ2v) is 8.72. The lowest BCUT2D eigenvalue weighted by Gasteiger charge is -2.26. The van der Waals surface area contributed by atoms with E-state index in [1.54, 1.807) is 18.5 Å². The Balaban J connectivity index is 1.78. The van der Waals surface area contributed by atoms with Gasteiger partial charge < -0.3 is 19.9 Å². The zero-order valence-corrected chi connectivity index (χ0v) is 19.2. The van der Waals surface area contributed by atoms with Gasteiger partial charge in [-0.05, 0) is 45.3 Å². The first kappa shape index (κ1) is 23.9. The summed E-state index contributed by atoms with van der Waals surface area (Å²) in [7, 11) is 1.57. The van der Waals surface area contributed by atoms with E-state index in [0.717, 1.165) is 32.0 Å². The molecular formula is C24H28F2N4O4. The number of benzene rings is 1. The van der Waals surface area contributed by atoms with Crippen LogP contribution in [0, 0.1) is 11.6 Å². The molecule has 0 bridgehead atoms. The van der Waals surface area contributed by atoms with Crippen molar-refractivity contribution >= 4 is 11.8 Å². The maximum absolute atomic E-state index is 14.0. The zero-order valence-electron chi connectivity index (χ0n) is 19.2. The van der Waals surface area contributed by atoms with Gasteiger partial charge in [-0.25, -0.2) is 8.78 Å². The van der Waals surface area contributed by atoms with E-state index in [0.29, 0.717) is 31.3 Å². The normalized spacial score (nSPS) is 17.6. The average molecular weight is 475 g/mol. The summed E-state index contributed by atoms with van der Waals surface area (Å²) >= 11 is 0. The van der Waals surface area contributed by atoms with Gasteiger partial charge in [-0.1, -0.05) is 6.07 Å². The van der Waals surface area contributed by atoms with Gasteiger partial charge in [0.05, 0.1) is 11.7 Å². The summed E-state index contributed by atoms with van der Waals surface area (Å²) in [5, 5.41) is 13.3. The Morgan fingerprint density at radius 1 is 1.21 bits per heavy atom. The molecule has 4 rings (SSSR count). The van der Waals surface area contributed by atoms with Gasteiger partial charge in [-0.2, -0.15) is 0 Å². The van der Waals surface area contributed by atoms with Crippen LogP contribution in [0.2, 0.25) is 0 Å². The zero-order chi connectivity index (χ0) is 24.6. The largest absolute Gasteiger partial charge is 0.503 e. The summed E-state index contributed by atoms with van der Waals surface area (Å²) in [6, 6.07) is 2.76. The molecule has 2 aromatic rings. The number of hydrogen-bond acceptors (Lipinski definition) is 5. The van der Waals surface area contributed by atoms with Gasteiger partial charge in [0.1, 0.15) is 17.2 Å². The van der Waals surface area contributed by atoms with Crippen LogP contribution in [0.25, 0.3) is 0 Å². The molecule has 2 aliphatic rings. The molecule has 34 heavy (non-hydrogen) atoms. The molecule has 0 aliphatic carbocycles. The van der Waals surface area contributed by atoms with Gasteiger partial charge in [0.15, 0.2) is 11.4 Å². The third-order valence-corrected chi connectivity index (χ3v) is 6.71. The molecule has 1 atom stereocenters. The van der Waals surface area contributed by atoms with Crippen LogP contribution < -0.4 is 10.7 Å². The molecular weight excluding hydrogens is 446 g/mol. The van der Waals surface area contributed by atoms with Crippen LogP contribution in [0.4, 0.5) is 8.78 Å². The number of fused-ring (bicyclic) bond motifs is 1. The lowest BCUT2D eigenvalue weighted by molar-refractivity contribution is 0.0785. The standard InChI is InChI=1S/C24H28F2N4O4/c1-3-28(2)24(34)20-22(32)21(31)18(19-17(8-11-30(19)20)29-9-4-5-10-29)23(33)27-13-14-6-7-15(25)12-16(14)26/h6-7,12,17,32H,3-5,8-11,13H2,1-2H3,(H,27,33). The van der Waals surface area contributed by atoms with E-state index in [1.807, 2.05) is 0 Å². The van der Waals surface area contributed by atoms with Crippen molar-refractivity contribution in [2.45, 2.75) is 45.3 Å². The molecule has 1 aromatic heterocycles. The van der Waals surface area contributed by atoms with E-state index >= 15 is 0 Å². The molecule has 10 heteroatoms. The smallest absolute Gasteiger partial charge is 0.274 e. The Kier molecular flexibility index (Phi) is 6.70. The lowest BCUT2D eigenvalue weighted by Crippen LogP contribution is -2.37. The van der Waals surface area contributed by atoms with E-state index in [4.69, 9.17) is 0 Å². The van der Waals surface area contributed by atoms with Crippen LogP contribution in [-0.4, -0.2) is 58.0 Å². The summed E-state index contributed by atoms with van der Waals surface area (Å²) in [6.45, 7) is 3.87. The molecule has 1 fully saturated rings. The third kappa shape index (κ3) is 4.18. The predicted molar refractivity (Wildman–Crippen MR) is 121 cm³/mol. The number of likely N-dealkylation sites (tertiary alicyclic amines) is 1. The summed E-state index contributed by atoms with van der Waals surface area (Å²) in [4.78, 5) is 43.1. The maximum Gasteiger partial charge on any atom is 0.274 e. The fraction of sp³-hybridized carbons (Fsp3) is 0.458. The summed E-state index contributed by atoms with van der Waals surface area (Å²) < 4.78 is 28.8. The molecule has 8 nitrogen and oxygen atoms in total. The quantitative estimate of drug-likeness (QED) is 0.671. The van der Waals surface area contributed by atoms with Gasteiger partial charge in [-0.15, -0.1) is 0 Å². The SMILES string of the molecule is CCN(C)C(=O)c1c(O)c(=O)c(C(=O)NCc2ccc(F)cc2F)c2n1CCC2N1CCCC1. The second kappa shape index (κ2) is 9.54. The first-order valence-electron chi connectivity index (χ1n) is 11.5. The Labute approximate surface area is 195 Å². The van der Waals surface area contributed by atoms with Crippen molar-refractivity contribution in [2.24, 2.45) is 0 Å². The van der Waals surface area contributed by atoms with Crippen molar-refractivity contribution in [2.75, 3.05) is 26.7 Å². The maximum atomic E-state index is 14.0. The summed E-state index contributed by atoms with van der Waals surface area (Å²) in [5.74, 6) is -3.60. The lowest BCUT2D eigenvalue weighted by atomic mass is 10.0. The van der Waals surface area contributed by atoms with Crippen LogP contribution >= 0.6 is 0 Å². The monoisotopic (exact) mass is 474 g/mol. The van der Waals surface area contributed by atoms with E-state index in [9.17, 15) is 28.3 Å². The fourth-order valence-electron chi connectivity index (χ4n) is 4.79. The highest BCUT2D eigenvalue weighted by Gasteiger charge is 2.39. The molecule has 2 amide bonds. The molecule has 0 saturated carbocycles. The first-order chi connectivity index (χ1) is 16.2. The number of nitrogens with one attached hydrogen (secondary N) is 1. The van der Waals surface area contributed by atoms with Gasteiger partial charge in [0.2, 0.25) is 5.43 Å². The van der Waals surface area contributed by atoms with E-state index in [2.05, 4.69) is 10.2 Å². The number of halogens is 2. The van der Waals surface area contributed by atoms with Gasteiger partial charge >= 0.3 is 0 Å². The molecule has 2 aliphatic heterocycles. The first-order valence-corrected chi connectivity index (χ1v) is 11.5. The van der Waals surface area contributed by atoms with E-state index in [1.165, 1.54) is 11.0 Å².